The Labute approximate surface area is 119 Å². The van der Waals surface area contributed by atoms with Gasteiger partial charge in [0.05, 0.1) is 6.61 Å². The van der Waals surface area contributed by atoms with E-state index in [4.69, 9.17) is 9.84 Å². The van der Waals surface area contributed by atoms with E-state index in [0.717, 1.165) is 0 Å². The third kappa shape index (κ3) is 7.60. The number of hydrogen-bond donors (Lipinski definition) is 3. The molecular formula is C13H24N2O5. The average molecular weight is 288 g/mol. The van der Waals surface area contributed by atoms with E-state index in [9.17, 15) is 14.4 Å². The molecule has 0 aliphatic rings. The number of amides is 2. The lowest BCUT2D eigenvalue weighted by Gasteiger charge is -2.20. The number of carboxylic acid groups (broad SMARTS) is 1. The molecule has 116 valence electrons. The standard InChI is InChI=1S/C13H24N2O5/c1-4-9(3)11(12(17)18)15-13(19)14-8-6-7-10(16)20-5-2/h9,11H,4-8H2,1-3H3,(H,17,18)(H2,14,15,19). The summed E-state index contributed by atoms with van der Waals surface area (Å²) in [5.41, 5.74) is 0. The zero-order valence-corrected chi connectivity index (χ0v) is 12.3. The molecule has 3 N–H and O–H groups in total. The van der Waals surface area contributed by atoms with Crippen molar-refractivity contribution in [3.05, 3.63) is 0 Å². The van der Waals surface area contributed by atoms with Crippen LogP contribution in [0.4, 0.5) is 4.79 Å². The van der Waals surface area contributed by atoms with Gasteiger partial charge >= 0.3 is 18.0 Å². The van der Waals surface area contributed by atoms with Gasteiger partial charge in [-0.2, -0.15) is 0 Å². The monoisotopic (exact) mass is 288 g/mol. The van der Waals surface area contributed by atoms with Gasteiger partial charge in [-0.25, -0.2) is 9.59 Å². The summed E-state index contributed by atoms with van der Waals surface area (Å²) in [6.45, 7) is 5.98. The number of carbonyl (C=O) groups excluding carboxylic acids is 2. The fourth-order valence-electron chi connectivity index (χ4n) is 1.54. The molecular weight excluding hydrogens is 264 g/mol. The van der Waals surface area contributed by atoms with Crippen molar-refractivity contribution in [2.45, 2.75) is 46.1 Å². The van der Waals surface area contributed by atoms with Gasteiger partial charge in [-0.15, -0.1) is 0 Å². The summed E-state index contributed by atoms with van der Waals surface area (Å²) in [5.74, 6) is -1.52. The zero-order valence-electron chi connectivity index (χ0n) is 12.3. The minimum atomic E-state index is -1.05. The topological polar surface area (TPSA) is 105 Å². The first-order valence-corrected chi connectivity index (χ1v) is 6.85. The smallest absolute Gasteiger partial charge is 0.326 e. The highest BCUT2D eigenvalue weighted by Gasteiger charge is 2.24. The maximum Gasteiger partial charge on any atom is 0.326 e. The number of ether oxygens (including phenoxy) is 1. The number of urea groups is 1. The van der Waals surface area contributed by atoms with Gasteiger partial charge in [0.25, 0.3) is 0 Å². The van der Waals surface area contributed by atoms with Crippen LogP contribution >= 0.6 is 0 Å². The van der Waals surface area contributed by atoms with Gasteiger partial charge in [0.2, 0.25) is 0 Å². The summed E-state index contributed by atoms with van der Waals surface area (Å²) in [6.07, 6.45) is 1.33. The fraction of sp³-hybridized carbons (Fsp3) is 0.769. The van der Waals surface area contributed by atoms with E-state index in [-0.39, 0.29) is 24.9 Å². The van der Waals surface area contributed by atoms with Crippen molar-refractivity contribution >= 4 is 18.0 Å². The van der Waals surface area contributed by atoms with E-state index in [0.29, 0.717) is 19.4 Å². The second kappa shape index (κ2) is 10.1. The van der Waals surface area contributed by atoms with Gasteiger partial charge in [0, 0.05) is 13.0 Å². The maximum atomic E-state index is 11.5. The molecule has 0 fully saturated rings. The third-order valence-corrected chi connectivity index (χ3v) is 2.91. The largest absolute Gasteiger partial charge is 0.480 e. The second-order valence-electron chi connectivity index (χ2n) is 4.51. The Kier molecular flexibility index (Phi) is 9.15. The van der Waals surface area contributed by atoms with Crippen molar-refractivity contribution in [3.63, 3.8) is 0 Å². The Morgan fingerprint density at radius 1 is 1.25 bits per heavy atom. The van der Waals surface area contributed by atoms with Crippen LogP contribution in [-0.4, -0.2) is 42.3 Å². The zero-order chi connectivity index (χ0) is 15.5. The molecule has 0 spiro atoms. The minimum Gasteiger partial charge on any atom is -0.480 e. The van der Waals surface area contributed by atoms with Crippen molar-refractivity contribution in [3.8, 4) is 0 Å². The SMILES string of the molecule is CCOC(=O)CCCNC(=O)NC(C(=O)O)C(C)CC. The summed E-state index contributed by atoms with van der Waals surface area (Å²) in [6, 6.07) is -1.45. The van der Waals surface area contributed by atoms with Gasteiger partial charge in [-0.05, 0) is 19.3 Å². The van der Waals surface area contributed by atoms with Crippen LogP contribution in [0.2, 0.25) is 0 Å². The van der Waals surface area contributed by atoms with E-state index >= 15 is 0 Å². The molecule has 7 heteroatoms. The molecule has 0 aromatic carbocycles. The molecule has 0 aliphatic heterocycles. The quantitative estimate of drug-likeness (QED) is 0.436. The number of rotatable bonds is 9. The Morgan fingerprint density at radius 3 is 2.40 bits per heavy atom. The van der Waals surface area contributed by atoms with E-state index < -0.39 is 18.0 Å². The molecule has 0 aromatic heterocycles. The van der Waals surface area contributed by atoms with Crippen molar-refractivity contribution in [1.82, 2.24) is 10.6 Å². The number of aliphatic carboxylic acids is 1. The fourth-order valence-corrected chi connectivity index (χ4v) is 1.54. The molecule has 0 rings (SSSR count). The lowest BCUT2D eigenvalue weighted by atomic mass is 9.99. The van der Waals surface area contributed by atoms with E-state index in [2.05, 4.69) is 10.6 Å². The number of nitrogens with one attached hydrogen (secondary N) is 2. The summed E-state index contributed by atoms with van der Waals surface area (Å²) < 4.78 is 4.75. The molecule has 0 aromatic rings. The van der Waals surface area contributed by atoms with Crippen LogP contribution in [0.3, 0.4) is 0 Å². The van der Waals surface area contributed by atoms with Gasteiger partial charge in [0.15, 0.2) is 0 Å². The molecule has 0 aliphatic carbocycles. The Balaban J connectivity index is 3.97. The van der Waals surface area contributed by atoms with Gasteiger partial charge < -0.3 is 20.5 Å². The van der Waals surface area contributed by atoms with Crippen molar-refractivity contribution in [2.24, 2.45) is 5.92 Å². The first kappa shape index (κ1) is 18.2. The van der Waals surface area contributed by atoms with Crippen LogP contribution in [0.25, 0.3) is 0 Å². The molecule has 2 unspecified atom stereocenters. The molecule has 0 bridgehead atoms. The molecule has 20 heavy (non-hydrogen) atoms. The second-order valence-corrected chi connectivity index (χ2v) is 4.51. The minimum absolute atomic E-state index is 0.155. The maximum absolute atomic E-state index is 11.5. The molecule has 0 saturated carbocycles. The molecule has 2 atom stereocenters. The molecule has 2 amide bonds. The molecule has 0 radical (unpaired) electrons. The van der Waals surface area contributed by atoms with Gasteiger partial charge in [-0.1, -0.05) is 20.3 Å². The van der Waals surface area contributed by atoms with E-state index in [1.54, 1.807) is 13.8 Å². The van der Waals surface area contributed by atoms with Crippen molar-refractivity contribution < 1.29 is 24.2 Å². The highest BCUT2D eigenvalue weighted by atomic mass is 16.5. The lowest BCUT2D eigenvalue weighted by molar-refractivity contribution is -0.143. The molecule has 0 saturated heterocycles. The molecule has 0 heterocycles. The van der Waals surface area contributed by atoms with Crippen LogP contribution in [0, 0.1) is 5.92 Å². The van der Waals surface area contributed by atoms with Crippen LogP contribution in [0.15, 0.2) is 0 Å². The van der Waals surface area contributed by atoms with Crippen LogP contribution in [0.1, 0.15) is 40.0 Å². The summed E-state index contributed by atoms with van der Waals surface area (Å²) in [7, 11) is 0. The Bertz CT molecular complexity index is 333. The number of esters is 1. The van der Waals surface area contributed by atoms with E-state index in [1.807, 2.05) is 6.92 Å². The lowest BCUT2D eigenvalue weighted by Crippen LogP contribution is -2.49. The average Bonchev–Trinajstić information content (AvgIpc) is 2.40. The normalized spacial score (nSPS) is 13.2. The van der Waals surface area contributed by atoms with Crippen LogP contribution in [0.5, 0.6) is 0 Å². The predicted molar refractivity (Wildman–Crippen MR) is 73.3 cm³/mol. The highest BCUT2D eigenvalue weighted by Crippen LogP contribution is 2.07. The van der Waals surface area contributed by atoms with Gasteiger partial charge in [0.1, 0.15) is 6.04 Å². The Hall–Kier alpha value is -1.79. The summed E-state index contributed by atoms with van der Waals surface area (Å²) in [5, 5.41) is 14.0. The number of hydrogen-bond acceptors (Lipinski definition) is 4. The van der Waals surface area contributed by atoms with Crippen LogP contribution in [-0.2, 0) is 14.3 Å². The number of carbonyl (C=O) groups is 3. The highest BCUT2D eigenvalue weighted by molar-refractivity contribution is 5.82. The van der Waals surface area contributed by atoms with E-state index in [1.165, 1.54) is 0 Å². The third-order valence-electron chi connectivity index (χ3n) is 2.91. The first-order valence-electron chi connectivity index (χ1n) is 6.85. The van der Waals surface area contributed by atoms with Crippen molar-refractivity contribution in [1.29, 1.82) is 0 Å². The molecule has 7 nitrogen and oxygen atoms in total. The van der Waals surface area contributed by atoms with Crippen LogP contribution < -0.4 is 10.6 Å². The first-order chi connectivity index (χ1) is 9.42. The van der Waals surface area contributed by atoms with Crippen molar-refractivity contribution in [2.75, 3.05) is 13.2 Å². The predicted octanol–water partition coefficient (Wildman–Crippen LogP) is 1.13. The Morgan fingerprint density at radius 2 is 1.90 bits per heavy atom. The summed E-state index contributed by atoms with van der Waals surface area (Å²) in [4.78, 5) is 33.6. The van der Waals surface area contributed by atoms with Gasteiger partial charge in [-0.3, -0.25) is 4.79 Å². The number of carboxylic acids is 1. The summed E-state index contributed by atoms with van der Waals surface area (Å²) >= 11 is 0.